The Morgan fingerprint density at radius 2 is 1.00 bits per heavy atom. The number of rotatable bonds is 15. The molecule has 0 aliphatic rings. The van der Waals surface area contributed by atoms with Crippen LogP contribution in [-0.4, -0.2) is 73.9 Å². The normalized spacial score (nSPS) is 15.6. The van der Waals surface area contributed by atoms with E-state index in [1.54, 1.807) is 0 Å². The van der Waals surface area contributed by atoms with Crippen molar-refractivity contribution in [2.75, 3.05) is 0 Å². The molecule has 8 nitrogen and oxygen atoms in total. The predicted octanol–water partition coefficient (Wildman–Crippen LogP) is 6.43. The number of nitrogens with zero attached hydrogens (tertiary/aromatic N) is 2. The van der Waals surface area contributed by atoms with Gasteiger partial charge in [-0.1, -0.05) is 0 Å². The minimum absolute atomic E-state index is 0.0365. The van der Waals surface area contributed by atoms with Crippen LogP contribution >= 0.6 is 8.45 Å². The van der Waals surface area contributed by atoms with Crippen molar-refractivity contribution in [3.8, 4) is 0 Å². The van der Waals surface area contributed by atoms with Crippen LogP contribution < -0.4 is 10.4 Å². The minimum atomic E-state index is -4.38. The van der Waals surface area contributed by atoms with E-state index in [1.165, 1.54) is 0 Å². The summed E-state index contributed by atoms with van der Waals surface area (Å²) in [6.45, 7) is 37.2. The summed E-state index contributed by atoms with van der Waals surface area (Å²) in [5.41, 5.74) is -0.333. The molecule has 2 N–H and O–H groups in total. The molecule has 0 rings (SSSR count). The van der Waals surface area contributed by atoms with E-state index in [2.05, 4.69) is 91.9 Å². The van der Waals surface area contributed by atoms with Crippen molar-refractivity contribution in [1.82, 2.24) is 18.0 Å². The Hall–Kier alpha value is 1.34. The molecule has 34 heavy (non-hydrogen) atoms. The van der Waals surface area contributed by atoms with Crippen molar-refractivity contribution in [1.29, 1.82) is 0 Å². The van der Waals surface area contributed by atoms with Crippen LogP contribution in [0.15, 0.2) is 0 Å². The average molecular weight is 648 g/mol. The second-order valence-electron chi connectivity index (χ2n) is 12.9. The molecular formula is C22H57N4O4PSi2Sn. The van der Waals surface area contributed by atoms with Gasteiger partial charge in [0.05, 0.1) is 0 Å². The molecule has 0 aliphatic carbocycles. The summed E-state index contributed by atoms with van der Waals surface area (Å²) in [7, 11) is -4.62. The van der Waals surface area contributed by atoms with Gasteiger partial charge < -0.3 is 0 Å². The van der Waals surface area contributed by atoms with E-state index in [0.717, 1.165) is 0 Å². The molecule has 206 valence electrons. The fraction of sp³-hybridized carbons (Fsp3) is 1.00. The van der Waals surface area contributed by atoms with Crippen LogP contribution in [0.25, 0.3) is 0 Å². The third-order valence-electron chi connectivity index (χ3n) is 4.14. The Morgan fingerprint density at radius 3 is 1.24 bits per heavy atom. The summed E-state index contributed by atoms with van der Waals surface area (Å²) >= 11 is -4.38. The fourth-order valence-electron chi connectivity index (χ4n) is 3.53. The van der Waals surface area contributed by atoms with Gasteiger partial charge in [0.1, 0.15) is 0 Å². The summed E-state index contributed by atoms with van der Waals surface area (Å²) in [4.78, 5) is 0. The Labute approximate surface area is 221 Å². The number of hydrazine groups is 2. The van der Waals surface area contributed by atoms with Crippen molar-refractivity contribution in [2.24, 2.45) is 0 Å². The van der Waals surface area contributed by atoms with E-state index in [0.29, 0.717) is 0 Å². The van der Waals surface area contributed by atoms with E-state index in [1.807, 2.05) is 41.5 Å². The van der Waals surface area contributed by atoms with Gasteiger partial charge in [0.15, 0.2) is 0 Å². The molecule has 0 fully saturated rings. The quantitative estimate of drug-likeness (QED) is 0.120. The molecule has 0 aliphatic heterocycles. The second kappa shape index (κ2) is 13.9. The molecule has 0 bridgehead atoms. The molecule has 0 spiro atoms. The predicted molar refractivity (Wildman–Crippen MR) is 154 cm³/mol. The van der Waals surface area contributed by atoms with Crippen LogP contribution in [0.5, 0.6) is 0 Å². The molecule has 1 unspecified atom stereocenters. The maximum absolute atomic E-state index is 6.65. The van der Waals surface area contributed by atoms with Gasteiger partial charge in [0.25, 0.3) is 0 Å². The number of nitrogens with one attached hydrogen (secondary N) is 2. The number of hydrogen-bond acceptors (Lipinski definition) is 8. The molecule has 0 aromatic rings. The molecule has 0 saturated carbocycles. The van der Waals surface area contributed by atoms with Crippen LogP contribution in [0.2, 0.25) is 39.3 Å². The molecule has 0 aromatic carbocycles. The zero-order valence-electron chi connectivity index (χ0n) is 25.3. The van der Waals surface area contributed by atoms with Crippen LogP contribution in [-0.2, 0) is 13.7 Å². The summed E-state index contributed by atoms with van der Waals surface area (Å²) in [5.74, 6) is 0. The Balaban J connectivity index is 6.61. The van der Waals surface area contributed by atoms with E-state index in [9.17, 15) is 0 Å². The van der Waals surface area contributed by atoms with Gasteiger partial charge in [-0.05, 0) is 0 Å². The first-order chi connectivity index (χ1) is 15.0. The monoisotopic (exact) mass is 648 g/mol. The van der Waals surface area contributed by atoms with Crippen molar-refractivity contribution < 1.29 is 13.7 Å². The van der Waals surface area contributed by atoms with Crippen molar-refractivity contribution in [3.05, 3.63) is 0 Å². The molecule has 0 aromatic heterocycles. The Kier molecular flexibility index (Phi) is 14.5. The van der Waals surface area contributed by atoms with Crippen molar-refractivity contribution in [2.45, 2.75) is 145 Å². The third kappa shape index (κ3) is 12.7. The van der Waals surface area contributed by atoms with Gasteiger partial charge in [-0.25, -0.2) is 0 Å². The molecule has 0 radical (unpaired) electrons. The van der Waals surface area contributed by atoms with Gasteiger partial charge >= 0.3 is 222 Å². The fourth-order valence-corrected chi connectivity index (χ4v) is 26.5. The first kappa shape index (κ1) is 35.3. The molecular weight excluding hydrogens is 590 g/mol. The summed E-state index contributed by atoms with van der Waals surface area (Å²) in [5, 5.41) is 7.56. The van der Waals surface area contributed by atoms with Gasteiger partial charge in [-0.2, -0.15) is 0 Å². The van der Waals surface area contributed by atoms with Crippen LogP contribution in [0.4, 0.5) is 0 Å². The van der Waals surface area contributed by atoms with Gasteiger partial charge in [0.2, 0.25) is 0 Å². The number of hydrogen-bond donors (Lipinski definition) is 2. The molecule has 12 heteroatoms. The Bertz CT molecular complexity index is 556. The van der Waals surface area contributed by atoms with Crippen molar-refractivity contribution in [3.63, 3.8) is 0 Å². The van der Waals surface area contributed by atoms with Gasteiger partial charge in [0, 0.05) is 0 Å². The van der Waals surface area contributed by atoms with Crippen LogP contribution in [0.1, 0.15) is 76.2 Å². The topological polar surface area (TPSA) is 67.5 Å². The van der Waals surface area contributed by atoms with E-state index in [-0.39, 0.29) is 30.0 Å². The average Bonchev–Trinajstić information content (AvgIpc) is 2.50. The van der Waals surface area contributed by atoms with E-state index >= 15 is 0 Å². The van der Waals surface area contributed by atoms with E-state index in [4.69, 9.17) is 13.7 Å². The molecule has 0 saturated heterocycles. The summed E-state index contributed by atoms with van der Waals surface area (Å²) < 4.78 is 31.1. The zero-order valence-corrected chi connectivity index (χ0v) is 31.0. The van der Waals surface area contributed by atoms with Crippen molar-refractivity contribution >= 4 is 44.8 Å². The third-order valence-corrected chi connectivity index (χ3v) is 23.8. The van der Waals surface area contributed by atoms with E-state index < -0.39 is 44.8 Å². The zero-order chi connectivity index (χ0) is 27.3. The maximum atomic E-state index is 6.65. The summed E-state index contributed by atoms with van der Waals surface area (Å²) in [6, 6.07) is 0. The first-order valence-electron chi connectivity index (χ1n) is 12.6. The Morgan fingerprint density at radius 1 is 0.647 bits per heavy atom. The van der Waals surface area contributed by atoms with Gasteiger partial charge in [-0.3, -0.25) is 0 Å². The van der Waals surface area contributed by atoms with Crippen LogP contribution in [0, 0.1) is 0 Å². The summed E-state index contributed by atoms with van der Waals surface area (Å²) in [6.07, 6.45) is -0.0625. The standard InChI is InChI=1S/C13H36N4OPSi2.3C3H7O.Sn/c1-12(2)18-19(15-14-13(3,4)5)16-17(20(6,7)8)21(9,10)11;3*1-3(2)4;/h12,15-16H,1-11H3;3*3H,1-2H3;/q4*-1;+4. The molecule has 1 atom stereocenters. The first-order valence-corrected chi connectivity index (χ1v) is 25.6. The SMILES string of the molecule is CC(C)OP(NN([Si](C)(C)C)[Si](C)(C)C)N[N](C(C)(C)C)[Sn]([O]C(C)C)([O]C(C)C)[O]C(C)C. The molecule has 0 amide bonds. The second-order valence-corrected chi connectivity index (χ2v) is 30.4. The molecule has 0 heterocycles. The van der Waals surface area contributed by atoms with Gasteiger partial charge in [-0.15, -0.1) is 0 Å². The van der Waals surface area contributed by atoms with Crippen LogP contribution in [0.3, 0.4) is 0 Å².